The number of amides is 1. The molecule has 0 radical (unpaired) electrons. The van der Waals surface area contributed by atoms with Gasteiger partial charge in [-0.15, -0.1) is 0 Å². The normalized spacial score (nSPS) is 10.5. The molecule has 0 saturated carbocycles. The number of aryl methyl sites for hydroxylation is 1. The predicted octanol–water partition coefficient (Wildman–Crippen LogP) is 4.57. The van der Waals surface area contributed by atoms with E-state index in [0.29, 0.717) is 11.5 Å². The minimum absolute atomic E-state index is 0.0571. The number of hydrogen-bond acceptors (Lipinski definition) is 5. The lowest BCUT2D eigenvalue weighted by molar-refractivity contribution is 0.102. The van der Waals surface area contributed by atoms with E-state index in [1.54, 1.807) is 0 Å². The fourth-order valence-corrected chi connectivity index (χ4v) is 2.40. The molecule has 1 amide bonds. The van der Waals surface area contributed by atoms with E-state index in [2.05, 4.69) is 20.6 Å². The number of rotatable bonds is 6. The van der Waals surface area contributed by atoms with Crippen LogP contribution >= 0.6 is 0 Å². The molecule has 0 fully saturated rings. The zero-order valence-electron chi connectivity index (χ0n) is 15.6. The van der Waals surface area contributed by atoms with Crippen LogP contribution in [-0.4, -0.2) is 22.0 Å². The molecule has 2 aromatic carbocycles. The van der Waals surface area contributed by atoms with Crippen molar-refractivity contribution in [2.75, 3.05) is 10.6 Å². The molecule has 0 spiro atoms. The first-order valence-electron chi connectivity index (χ1n) is 8.74. The molecule has 0 bridgehead atoms. The fraction of sp³-hybridized carbons (Fsp3) is 0.190. The largest absolute Gasteiger partial charge is 0.489 e. The molecule has 1 aromatic heterocycles. The minimum atomic E-state index is -0.256. The Bertz CT molecular complexity index is 906. The van der Waals surface area contributed by atoms with E-state index in [1.807, 2.05) is 69.3 Å². The third-order valence-corrected chi connectivity index (χ3v) is 3.72. The number of aromatic nitrogens is 2. The van der Waals surface area contributed by atoms with Crippen LogP contribution in [0.4, 0.5) is 17.3 Å². The lowest BCUT2D eigenvalue weighted by atomic mass is 10.2. The SMILES string of the molecule is Cc1ccc(NC(=O)c2cnc(Nc3ccccc3OC(C)C)nc2)cc1. The van der Waals surface area contributed by atoms with Gasteiger partial charge >= 0.3 is 0 Å². The number of carbonyl (C=O) groups is 1. The molecule has 6 nitrogen and oxygen atoms in total. The second-order valence-corrected chi connectivity index (χ2v) is 6.40. The van der Waals surface area contributed by atoms with Gasteiger partial charge in [0.05, 0.1) is 17.4 Å². The molecule has 3 aromatic rings. The first-order valence-corrected chi connectivity index (χ1v) is 8.74. The van der Waals surface area contributed by atoms with E-state index in [-0.39, 0.29) is 12.0 Å². The van der Waals surface area contributed by atoms with Gasteiger partial charge < -0.3 is 15.4 Å². The van der Waals surface area contributed by atoms with E-state index in [0.717, 1.165) is 22.7 Å². The van der Waals surface area contributed by atoms with Crippen molar-refractivity contribution in [3.05, 3.63) is 72.1 Å². The molecule has 2 N–H and O–H groups in total. The van der Waals surface area contributed by atoms with Crippen LogP contribution < -0.4 is 15.4 Å². The number of carbonyl (C=O) groups excluding carboxylic acids is 1. The van der Waals surface area contributed by atoms with Crippen molar-refractivity contribution in [2.45, 2.75) is 26.9 Å². The van der Waals surface area contributed by atoms with Gasteiger partial charge in [0.2, 0.25) is 5.95 Å². The lowest BCUT2D eigenvalue weighted by Crippen LogP contribution is -2.13. The molecule has 138 valence electrons. The molecule has 0 aliphatic rings. The van der Waals surface area contributed by atoms with Crippen molar-refractivity contribution in [1.29, 1.82) is 0 Å². The maximum absolute atomic E-state index is 12.3. The van der Waals surface area contributed by atoms with Crippen LogP contribution in [0.2, 0.25) is 0 Å². The molecular weight excluding hydrogens is 340 g/mol. The van der Waals surface area contributed by atoms with E-state index >= 15 is 0 Å². The summed E-state index contributed by atoms with van der Waals surface area (Å²) in [4.78, 5) is 20.8. The monoisotopic (exact) mass is 362 g/mol. The van der Waals surface area contributed by atoms with Crippen LogP contribution in [0, 0.1) is 6.92 Å². The Morgan fingerprint density at radius 1 is 1.00 bits per heavy atom. The third kappa shape index (κ3) is 5.04. The quantitative estimate of drug-likeness (QED) is 0.672. The number of nitrogens with one attached hydrogen (secondary N) is 2. The van der Waals surface area contributed by atoms with Gasteiger partial charge in [0.15, 0.2) is 0 Å². The van der Waals surface area contributed by atoms with Gasteiger partial charge in [-0.2, -0.15) is 0 Å². The van der Waals surface area contributed by atoms with E-state index < -0.39 is 0 Å². The summed E-state index contributed by atoms with van der Waals surface area (Å²) in [5.41, 5.74) is 3.01. The minimum Gasteiger partial charge on any atom is -0.489 e. The lowest BCUT2D eigenvalue weighted by Gasteiger charge is -2.14. The third-order valence-electron chi connectivity index (χ3n) is 3.72. The number of hydrogen-bond donors (Lipinski definition) is 2. The summed E-state index contributed by atoms with van der Waals surface area (Å²) in [6, 6.07) is 15.2. The number of nitrogens with zero attached hydrogens (tertiary/aromatic N) is 2. The van der Waals surface area contributed by atoms with Gasteiger partial charge in [-0.05, 0) is 45.0 Å². The first-order chi connectivity index (χ1) is 13.0. The molecule has 0 aliphatic heterocycles. The topological polar surface area (TPSA) is 76.1 Å². The first kappa shape index (κ1) is 18.4. The molecule has 0 aliphatic carbocycles. The van der Waals surface area contributed by atoms with Crippen molar-refractivity contribution in [1.82, 2.24) is 9.97 Å². The molecule has 1 heterocycles. The number of anilines is 3. The second kappa shape index (κ2) is 8.31. The highest BCUT2D eigenvalue weighted by atomic mass is 16.5. The van der Waals surface area contributed by atoms with Crippen molar-refractivity contribution in [3.8, 4) is 5.75 Å². The summed E-state index contributed by atoms with van der Waals surface area (Å²) >= 11 is 0. The van der Waals surface area contributed by atoms with Crippen LogP contribution in [0.25, 0.3) is 0 Å². The zero-order chi connectivity index (χ0) is 19.2. The zero-order valence-corrected chi connectivity index (χ0v) is 15.6. The van der Waals surface area contributed by atoms with Crippen LogP contribution in [0.1, 0.15) is 29.8 Å². The van der Waals surface area contributed by atoms with E-state index in [4.69, 9.17) is 4.74 Å². The molecule has 27 heavy (non-hydrogen) atoms. The maximum atomic E-state index is 12.3. The Hall–Kier alpha value is -3.41. The van der Waals surface area contributed by atoms with E-state index in [1.165, 1.54) is 12.4 Å². The highest BCUT2D eigenvalue weighted by Gasteiger charge is 2.10. The van der Waals surface area contributed by atoms with Gasteiger partial charge in [-0.1, -0.05) is 29.8 Å². The molecule has 6 heteroatoms. The standard InChI is InChI=1S/C21H22N4O2/c1-14(2)27-19-7-5-4-6-18(19)25-21-22-12-16(13-23-21)20(26)24-17-10-8-15(3)9-11-17/h4-14H,1-3H3,(H,24,26)(H,22,23,25). The number of para-hydroxylation sites is 2. The van der Waals surface area contributed by atoms with Gasteiger partial charge in [-0.3, -0.25) is 4.79 Å². The van der Waals surface area contributed by atoms with Gasteiger partial charge in [0.25, 0.3) is 5.91 Å². The molecule has 0 unspecified atom stereocenters. The molecule has 0 atom stereocenters. The van der Waals surface area contributed by atoms with Crippen molar-refractivity contribution < 1.29 is 9.53 Å². The van der Waals surface area contributed by atoms with Crippen LogP contribution in [-0.2, 0) is 0 Å². The predicted molar refractivity (Wildman–Crippen MR) is 107 cm³/mol. The Kier molecular flexibility index (Phi) is 5.66. The summed E-state index contributed by atoms with van der Waals surface area (Å²) < 4.78 is 5.77. The Morgan fingerprint density at radius 2 is 1.67 bits per heavy atom. The molecular formula is C21H22N4O2. The van der Waals surface area contributed by atoms with Crippen molar-refractivity contribution >= 4 is 23.2 Å². The van der Waals surface area contributed by atoms with Crippen molar-refractivity contribution in [2.24, 2.45) is 0 Å². The summed E-state index contributed by atoms with van der Waals surface area (Å²) in [6.45, 7) is 5.93. The van der Waals surface area contributed by atoms with Crippen LogP contribution in [0.3, 0.4) is 0 Å². The smallest absolute Gasteiger partial charge is 0.258 e. The highest BCUT2D eigenvalue weighted by molar-refractivity contribution is 6.03. The average molecular weight is 362 g/mol. The molecule has 3 rings (SSSR count). The number of benzene rings is 2. The van der Waals surface area contributed by atoms with Gasteiger partial charge in [0, 0.05) is 18.1 Å². The van der Waals surface area contributed by atoms with Gasteiger partial charge in [0.1, 0.15) is 5.75 Å². The fourth-order valence-electron chi connectivity index (χ4n) is 2.40. The highest BCUT2D eigenvalue weighted by Crippen LogP contribution is 2.26. The summed E-state index contributed by atoms with van der Waals surface area (Å²) in [7, 11) is 0. The van der Waals surface area contributed by atoms with Crippen LogP contribution in [0.5, 0.6) is 5.75 Å². The van der Waals surface area contributed by atoms with Crippen LogP contribution in [0.15, 0.2) is 60.9 Å². The second-order valence-electron chi connectivity index (χ2n) is 6.40. The summed E-state index contributed by atoms with van der Waals surface area (Å²) in [5, 5.41) is 5.95. The Labute approximate surface area is 158 Å². The van der Waals surface area contributed by atoms with Gasteiger partial charge in [-0.25, -0.2) is 9.97 Å². The molecule has 0 saturated heterocycles. The number of ether oxygens (including phenoxy) is 1. The Morgan fingerprint density at radius 3 is 2.33 bits per heavy atom. The Balaban J connectivity index is 1.68. The maximum Gasteiger partial charge on any atom is 0.258 e. The van der Waals surface area contributed by atoms with Crippen molar-refractivity contribution in [3.63, 3.8) is 0 Å². The van der Waals surface area contributed by atoms with E-state index in [9.17, 15) is 4.79 Å². The summed E-state index contributed by atoms with van der Waals surface area (Å²) in [5.74, 6) is 0.855. The summed E-state index contributed by atoms with van der Waals surface area (Å²) in [6.07, 6.45) is 3.04. The average Bonchev–Trinajstić information content (AvgIpc) is 2.65.